The smallest absolute Gasteiger partial charge is 0.338 e. The Morgan fingerprint density at radius 1 is 1.50 bits per heavy atom. The van der Waals surface area contributed by atoms with Crippen LogP contribution in [0.2, 0.25) is 0 Å². The number of rotatable bonds is 2. The molecule has 2 aliphatic heterocycles. The van der Waals surface area contributed by atoms with Gasteiger partial charge in [0.1, 0.15) is 0 Å². The molecule has 2 aliphatic rings. The Labute approximate surface area is 96.6 Å². The lowest BCUT2D eigenvalue weighted by Crippen LogP contribution is -2.30. The molecule has 0 spiro atoms. The molecule has 0 unspecified atom stereocenters. The largest absolute Gasteiger partial charge is 0.389 e. The highest BCUT2D eigenvalue weighted by atomic mass is 32.2. The van der Waals surface area contributed by atoms with Crippen LogP contribution in [0, 0.1) is 5.92 Å². The molecular weight excluding hydrogens is 239 g/mol. The molecule has 3 atom stereocenters. The maximum Gasteiger partial charge on any atom is 0.389 e. The Morgan fingerprint density at radius 3 is 2.75 bits per heavy atom. The second-order valence-corrected chi connectivity index (χ2v) is 5.36. The molecule has 6 heteroatoms. The summed E-state index contributed by atoms with van der Waals surface area (Å²) in [5.41, 5.74) is 0. The number of thioether (sulfide) groups is 1. The first-order valence-electron chi connectivity index (χ1n) is 5.34. The van der Waals surface area contributed by atoms with Gasteiger partial charge in [-0.05, 0) is 19.1 Å². The van der Waals surface area contributed by atoms with Crippen molar-refractivity contribution in [2.75, 3.05) is 12.8 Å². The molecule has 2 saturated heterocycles. The third kappa shape index (κ3) is 2.04. The van der Waals surface area contributed by atoms with Crippen molar-refractivity contribution in [1.29, 1.82) is 0 Å². The van der Waals surface area contributed by atoms with Gasteiger partial charge in [0.2, 0.25) is 5.91 Å². The van der Waals surface area contributed by atoms with Gasteiger partial charge in [0, 0.05) is 24.9 Å². The van der Waals surface area contributed by atoms with Crippen LogP contribution in [0.25, 0.3) is 0 Å². The van der Waals surface area contributed by atoms with E-state index in [4.69, 9.17) is 0 Å². The van der Waals surface area contributed by atoms with Gasteiger partial charge in [0.05, 0.1) is 5.25 Å². The van der Waals surface area contributed by atoms with Crippen molar-refractivity contribution in [3.05, 3.63) is 0 Å². The van der Waals surface area contributed by atoms with Crippen LogP contribution in [0.4, 0.5) is 13.2 Å². The highest BCUT2D eigenvalue weighted by molar-refractivity contribution is 7.99. The molecule has 0 aromatic heterocycles. The van der Waals surface area contributed by atoms with Crippen molar-refractivity contribution in [3.63, 3.8) is 0 Å². The van der Waals surface area contributed by atoms with Gasteiger partial charge in [-0.25, -0.2) is 0 Å². The number of carbonyl (C=O) groups is 1. The molecule has 0 bridgehead atoms. The van der Waals surface area contributed by atoms with E-state index in [1.165, 1.54) is 11.8 Å². The number of hydrogen-bond donors (Lipinski definition) is 0. The van der Waals surface area contributed by atoms with E-state index in [0.717, 1.165) is 12.8 Å². The van der Waals surface area contributed by atoms with Crippen molar-refractivity contribution in [2.45, 2.75) is 36.7 Å². The van der Waals surface area contributed by atoms with Crippen LogP contribution >= 0.6 is 11.8 Å². The van der Waals surface area contributed by atoms with Crippen LogP contribution in [0.3, 0.4) is 0 Å². The topological polar surface area (TPSA) is 20.3 Å². The molecule has 0 radical (unpaired) electrons. The highest BCUT2D eigenvalue weighted by Gasteiger charge is 2.52. The maximum atomic E-state index is 12.5. The van der Waals surface area contributed by atoms with Crippen LogP contribution in [-0.4, -0.2) is 41.1 Å². The van der Waals surface area contributed by atoms with E-state index in [0.29, 0.717) is 6.54 Å². The second-order valence-electron chi connectivity index (χ2n) is 4.38. The molecule has 2 heterocycles. The zero-order chi connectivity index (χ0) is 11.9. The van der Waals surface area contributed by atoms with Gasteiger partial charge in [0.15, 0.2) is 0 Å². The van der Waals surface area contributed by atoms with Crippen molar-refractivity contribution >= 4 is 17.7 Å². The molecular formula is C10H14F3NOS. The number of halogens is 3. The molecule has 0 N–H and O–H groups in total. The molecule has 0 saturated carbocycles. The predicted octanol–water partition coefficient (Wildman–Crippen LogP) is 2.29. The Kier molecular flexibility index (Phi) is 3.11. The van der Waals surface area contributed by atoms with Crippen molar-refractivity contribution in [1.82, 2.24) is 4.90 Å². The molecule has 2 rings (SSSR count). The third-order valence-corrected chi connectivity index (χ3v) is 4.49. The minimum atomic E-state index is -4.17. The van der Waals surface area contributed by atoms with E-state index in [1.807, 2.05) is 0 Å². The molecule has 0 aromatic carbocycles. The Balaban J connectivity index is 2.17. The number of hydrogen-bond acceptors (Lipinski definition) is 2. The Bertz CT molecular complexity index is 294. The molecule has 0 aliphatic carbocycles. The number of nitrogens with zero attached hydrogens (tertiary/aromatic N) is 1. The fourth-order valence-electron chi connectivity index (χ4n) is 2.85. The molecule has 16 heavy (non-hydrogen) atoms. The van der Waals surface area contributed by atoms with E-state index in [-0.39, 0.29) is 11.9 Å². The molecule has 0 aromatic rings. The number of carbonyl (C=O) groups excluding carboxylic acids is 1. The Hall–Kier alpha value is -0.390. The van der Waals surface area contributed by atoms with Gasteiger partial charge in [0.25, 0.3) is 0 Å². The predicted molar refractivity (Wildman–Crippen MR) is 56.2 cm³/mol. The standard InChI is InChI=1S/C10H14F3NOS/c1-16-8-6(5-10(11,12)13)7-3-2-4-14(7)9(8)15/h6-8H,2-5H2,1H3/t6-,7-,8+/m0/s1. The molecule has 1 amide bonds. The van der Waals surface area contributed by atoms with E-state index < -0.39 is 23.8 Å². The SMILES string of the molecule is CS[C@H]1C(=O)N2CCC[C@H]2[C@@H]1CC(F)(F)F. The average Bonchev–Trinajstić information content (AvgIpc) is 2.69. The quantitative estimate of drug-likeness (QED) is 0.752. The summed E-state index contributed by atoms with van der Waals surface area (Å²) >= 11 is 1.25. The van der Waals surface area contributed by atoms with Crippen LogP contribution in [-0.2, 0) is 4.79 Å². The summed E-state index contributed by atoms with van der Waals surface area (Å²) in [4.78, 5) is 13.5. The van der Waals surface area contributed by atoms with Crippen LogP contribution in [0.5, 0.6) is 0 Å². The minimum Gasteiger partial charge on any atom is -0.338 e. The van der Waals surface area contributed by atoms with Crippen LogP contribution < -0.4 is 0 Å². The monoisotopic (exact) mass is 253 g/mol. The summed E-state index contributed by atoms with van der Waals surface area (Å²) in [7, 11) is 0. The zero-order valence-corrected chi connectivity index (χ0v) is 9.77. The van der Waals surface area contributed by atoms with Crippen molar-refractivity contribution in [2.24, 2.45) is 5.92 Å². The summed E-state index contributed by atoms with van der Waals surface area (Å²) in [6, 6.07) is -0.174. The van der Waals surface area contributed by atoms with E-state index in [2.05, 4.69) is 0 Å². The van der Waals surface area contributed by atoms with Crippen LogP contribution in [0.1, 0.15) is 19.3 Å². The first kappa shape index (κ1) is 12.1. The van der Waals surface area contributed by atoms with Gasteiger partial charge in [-0.15, -0.1) is 0 Å². The molecule has 92 valence electrons. The second kappa shape index (κ2) is 4.13. The van der Waals surface area contributed by atoms with Crippen LogP contribution in [0.15, 0.2) is 0 Å². The lowest BCUT2D eigenvalue weighted by atomic mass is 9.94. The minimum absolute atomic E-state index is 0.0933. The zero-order valence-electron chi connectivity index (χ0n) is 8.96. The summed E-state index contributed by atoms with van der Waals surface area (Å²) < 4.78 is 37.4. The summed E-state index contributed by atoms with van der Waals surface area (Å²) in [5.74, 6) is -0.644. The van der Waals surface area contributed by atoms with Crippen molar-refractivity contribution in [3.8, 4) is 0 Å². The number of fused-ring (bicyclic) bond motifs is 1. The Morgan fingerprint density at radius 2 is 2.19 bits per heavy atom. The fraction of sp³-hybridized carbons (Fsp3) is 0.900. The van der Waals surface area contributed by atoms with E-state index in [1.54, 1.807) is 11.2 Å². The maximum absolute atomic E-state index is 12.5. The van der Waals surface area contributed by atoms with Gasteiger partial charge < -0.3 is 4.90 Å². The third-order valence-electron chi connectivity index (χ3n) is 3.43. The lowest BCUT2D eigenvalue weighted by molar-refractivity contribution is -0.145. The van der Waals surface area contributed by atoms with Gasteiger partial charge >= 0.3 is 6.18 Å². The summed E-state index contributed by atoms with van der Waals surface area (Å²) in [6.07, 6.45) is -1.72. The van der Waals surface area contributed by atoms with E-state index in [9.17, 15) is 18.0 Å². The first-order chi connectivity index (χ1) is 7.44. The highest BCUT2D eigenvalue weighted by Crippen LogP contribution is 2.43. The fourth-order valence-corrected chi connectivity index (χ4v) is 3.81. The molecule has 2 nitrogen and oxygen atoms in total. The lowest BCUT2D eigenvalue weighted by Gasteiger charge is -2.22. The first-order valence-corrected chi connectivity index (χ1v) is 6.63. The summed E-state index contributed by atoms with van der Waals surface area (Å²) in [5, 5.41) is -0.494. The van der Waals surface area contributed by atoms with Gasteiger partial charge in [-0.1, -0.05) is 0 Å². The summed E-state index contributed by atoms with van der Waals surface area (Å²) in [6.45, 7) is 0.634. The average molecular weight is 253 g/mol. The number of alkyl halides is 3. The van der Waals surface area contributed by atoms with Gasteiger partial charge in [-0.2, -0.15) is 24.9 Å². The van der Waals surface area contributed by atoms with E-state index >= 15 is 0 Å². The number of amides is 1. The van der Waals surface area contributed by atoms with Gasteiger partial charge in [-0.3, -0.25) is 4.79 Å². The molecule has 2 fully saturated rings. The van der Waals surface area contributed by atoms with Crippen molar-refractivity contribution < 1.29 is 18.0 Å². The normalized spacial score (nSPS) is 34.6.